The first-order valence-electron chi connectivity index (χ1n) is 8.78. The molecule has 8 nitrogen and oxygen atoms in total. The van der Waals surface area contributed by atoms with Gasteiger partial charge in [-0.3, -0.25) is 20.2 Å². The number of hydrogen-bond acceptors (Lipinski definition) is 7. The number of rotatable bonds is 5. The lowest BCUT2D eigenvalue weighted by molar-refractivity contribution is -0.535. The molecule has 0 bridgehead atoms. The van der Waals surface area contributed by atoms with Crippen LogP contribution < -0.4 is 10.2 Å². The topological polar surface area (TPSA) is 97.6 Å². The van der Waals surface area contributed by atoms with Gasteiger partial charge >= 0.3 is 5.97 Å². The maximum atomic E-state index is 12.5. The molecule has 1 aliphatic heterocycles. The summed E-state index contributed by atoms with van der Waals surface area (Å²) in [5.74, 6) is -0.317. The number of nitrogens with zero attached hydrogens (tertiary/aromatic N) is 3. The van der Waals surface area contributed by atoms with Gasteiger partial charge in [-0.2, -0.15) is 0 Å². The third-order valence-corrected chi connectivity index (χ3v) is 4.79. The van der Waals surface area contributed by atoms with Gasteiger partial charge in [0.2, 0.25) is 6.04 Å². The van der Waals surface area contributed by atoms with Crippen LogP contribution in [0.4, 0.5) is 5.82 Å². The number of esters is 1. The van der Waals surface area contributed by atoms with Crippen LogP contribution >= 0.6 is 12.4 Å². The van der Waals surface area contributed by atoms with Gasteiger partial charge in [-0.25, -0.2) is 4.98 Å². The van der Waals surface area contributed by atoms with Crippen LogP contribution in [0.15, 0.2) is 18.3 Å². The molecular formula is C18H29ClN4O4. The number of aromatic nitrogens is 1. The standard InChI is InChI=1S/C18H28N4O4.ClH/c1-7-26-17(23)14-12(18(2,3)4)15(22(24)25)13(20-14)11-9-8-10-19-16(11)21(5)6;/h8-10,12-15,20H,7H2,1-6H3;1H/t12-,13+,14+,15+;/m1./s1. The van der Waals surface area contributed by atoms with Crippen molar-refractivity contribution in [2.24, 2.45) is 11.3 Å². The number of carbonyl (C=O) groups excluding carboxylic acids is 1. The van der Waals surface area contributed by atoms with E-state index in [0.717, 1.165) is 0 Å². The van der Waals surface area contributed by atoms with Gasteiger partial charge in [-0.15, -0.1) is 12.4 Å². The maximum absolute atomic E-state index is 12.5. The minimum absolute atomic E-state index is 0. The highest BCUT2D eigenvalue weighted by Crippen LogP contribution is 2.45. The summed E-state index contributed by atoms with van der Waals surface area (Å²) in [5, 5.41) is 15.2. The summed E-state index contributed by atoms with van der Waals surface area (Å²) >= 11 is 0. The molecule has 1 aromatic rings. The van der Waals surface area contributed by atoms with Crippen molar-refractivity contribution in [1.82, 2.24) is 10.3 Å². The lowest BCUT2D eigenvalue weighted by atomic mass is 9.73. The van der Waals surface area contributed by atoms with E-state index in [1.54, 1.807) is 19.2 Å². The first-order valence-corrected chi connectivity index (χ1v) is 8.78. The zero-order valence-corrected chi connectivity index (χ0v) is 17.4. The molecule has 0 aromatic carbocycles. The molecular weight excluding hydrogens is 372 g/mol. The first-order chi connectivity index (χ1) is 12.1. The second-order valence-corrected chi connectivity index (χ2v) is 7.85. The SMILES string of the molecule is CCOC(=O)[C@H]1N[C@@H](c2cccnc2N(C)C)[C@@H]([N+](=O)[O-])[C@@H]1C(C)(C)C.Cl. The van der Waals surface area contributed by atoms with Crippen molar-refractivity contribution in [1.29, 1.82) is 0 Å². The van der Waals surface area contributed by atoms with Crippen molar-refractivity contribution in [2.45, 2.75) is 45.8 Å². The van der Waals surface area contributed by atoms with Gasteiger partial charge < -0.3 is 9.64 Å². The molecule has 1 N–H and O–H groups in total. The summed E-state index contributed by atoms with van der Waals surface area (Å²) in [5.41, 5.74) is 0.248. The van der Waals surface area contributed by atoms with Gasteiger partial charge in [0, 0.05) is 30.8 Å². The summed E-state index contributed by atoms with van der Waals surface area (Å²) in [6.45, 7) is 7.71. The molecule has 0 saturated carbocycles. The van der Waals surface area contributed by atoms with Crippen LogP contribution in [-0.2, 0) is 9.53 Å². The highest BCUT2D eigenvalue weighted by molar-refractivity contribution is 5.85. The zero-order chi connectivity index (χ0) is 19.6. The number of carbonyl (C=O) groups is 1. The van der Waals surface area contributed by atoms with E-state index in [0.29, 0.717) is 11.4 Å². The van der Waals surface area contributed by atoms with E-state index in [1.807, 2.05) is 45.8 Å². The lowest BCUT2D eigenvalue weighted by Crippen LogP contribution is -2.45. The van der Waals surface area contributed by atoms with E-state index >= 15 is 0 Å². The number of ether oxygens (including phenoxy) is 1. The molecule has 152 valence electrons. The minimum atomic E-state index is -0.965. The molecule has 1 saturated heterocycles. The largest absolute Gasteiger partial charge is 0.465 e. The average molecular weight is 401 g/mol. The molecule has 0 aliphatic carbocycles. The molecule has 1 aromatic heterocycles. The predicted molar refractivity (Wildman–Crippen MR) is 106 cm³/mol. The monoisotopic (exact) mass is 400 g/mol. The Kier molecular flexibility index (Phi) is 7.57. The molecule has 1 fully saturated rings. The summed E-state index contributed by atoms with van der Waals surface area (Å²) < 4.78 is 5.19. The van der Waals surface area contributed by atoms with E-state index in [9.17, 15) is 14.9 Å². The van der Waals surface area contributed by atoms with Crippen molar-refractivity contribution >= 4 is 24.2 Å². The van der Waals surface area contributed by atoms with E-state index in [2.05, 4.69) is 10.3 Å². The van der Waals surface area contributed by atoms with Gasteiger partial charge in [-0.1, -0.05) is 26.8 Å². The van der Waals surface area contributed by atoms with Gasteiger partial charge in [-0.05, 0) is 18.4 Å². The smallest absolute Gasteiger partial charge is 0.323 e. The molecule has 1 aliphatic rings. The summed E-state index contributed by atoms with van der Waals surface area (Å²) in [7, 11) is 3.68. The fourth-order valence-corrected chi connectivity index (χ4v) is 3.81. The average Bonchev–Trinajstić information content (AvgIpc) is 2.96. The Morgan fingerprint density at radius 3 is 2.52 bits per heavy atom. The Bertz CT molecular complexity index is 678. The molecule has 9 heteroatoms. The van der Waals surface area contributed by atoms with Gasteiger partial charge in [0.15, 0.2) is 0 Å². The zero-order valence-electron chi connectivity index (χ0n) is 16.6. The molecule has 0 unspecified atom stereocenters. The van der Waals surface area contributed by atoms with Crippen LogP contribution in [0.25, 0.3) is 0 Å². The van der Waals surface area contributed by atoms with Crippen molar-refractivity contribution < 1.29 is 14.5 Å². The number of halogens is 1. The Labute approximate surface area is 166 Å². The number of nitro groups is 1. The van der Waals surface area contributed by atoms with Crippen LogP contribution in [0.5, 0.6) is 0 Å². The molecule has 0 radical (unpaired) electrons. The summed E-state index contributed by atoms with van der Waals surface area (Å²) in [4.78, 5) is 30.5. The third kappa shape index (κ3) is 4.68. The normalized spacial score (nSPS) is 24.8. The van der Waals surface area contributed by atoms with Crippen molar-refractivity contribution in [3.05, 3.63) is 34.0 Å². The second-order valence-electron chi connectivity index (χ2n) is 7.85. The van der Waals surface area contributed by atoms with E-state index in [1.165, 1.54) is 0 Å². The first kappa shape index (κ1) is 23.1. The number of pyridine rings is 1. The highest BCUT2D eigenvalue weighted by Gasteiger charge is 2.58. The Balaban J connectivity index is 0.00000364. The Hall–Kier alpha value is -1.93. The van der Waals surface area contributed by atoms with E-state index in [-0.39, 0.29) is 23.9 Å². The number of nitrogens with one attached hydrogen (secondary N) is 1. The molecule has 0 spiro atoms. The molecule has 4 atom stereocenters. The van der Waals surface area contributed by atoms with Crippen LogP contribution in [0.3, 0.4) is 0 Å². The van der Waals surface area contributed by atoms with Gasteiger partial charge in [0.05, 0.1) is 12.5 Å². The van der Waals surface area contributed by atoms with Crippen LogP contribution in [0.1, 0.15) is 39.3 Å². The third-order valence-electron chi connectivity index (χ3n) is 4.79. The van der Waals surface area contributed by atoms with E-state index in [4.69, 9.17) is 4.74 Å². The number of hydrogen-bond donors (Lipinski definition) is 1. The molecule has 2 heterocycles. The van der Waals surface area contributed by atoms with Crippen LogP contribution in [-0.4, -0.2) is 48.7 Å². The molecule has 0 amide bonds. The summed E-state index contributed by atoms with van der Waals surface area (Å²) in [6.07, 6.45) is 1.65. The van der Waals surface area contributed by atoms with Crippen molar-refractivity contribution in [2.75, 3.05) is 25.6 Å². The molecule has 2 rings (SSSR count). The fourth-order valence-electron chi connectivity index (χ4n) is 3.81. The predicted octanol–water partition coefficient (Wildman–Crippen LogP) is 2.45. The lowest BCUT2D eigenvalue weighted by Gasteiger charge is -2.31. The van der Waals surface area contributed by atoms with Gasteiger partial charge in [0.25, 0.3) is 0 Å². The van der Waals surface area contributed by atoms with Crippen LogP contribution in [0, 0.1) is 21.4 Å². The van der Waals surface area contributed by atoms with Crippen molar-refractivity contribution in [3.8, 4) is 0 Å². The van der Waals surface area contributed by atoms with Gasteiger partial charge in [0.1, 0.15) is 17.9 Å². The Morgan fingerprint density at radius 2 is 2.04 bits per heavy atom. The fraction of sp³-hybridized carbons (Fsp3) is 0.667. The second kappa shape index (κ2) is 8.84. The quantitative estimate of drug-likeness (QED) is 0.460. The highest BCUT2D eigenvalue weighted by atomic mass is 35.5. The number of anilines is 1. The summed E-state index contributed by atoms with van der Waals surface area (Å²) in [6, 6.07) is 1.24. The molecule has 27 heavy (non-hydrogen) atoms. The minimum Gasteiger partial charge on any atom is -0.465 e. The Morgan fingerprint density at radius 1 is 1.41 bits per heavy atom. The maximum Gasteiger partial charge on any atom is 0.323 e. The van der Waals surface area contributed by atoms with E-state index < -0.39 is 35.4 Å². The van der Waals surface area contributed by atoms with Crippen molar-refractivity contribution in [3.63, 3.8) is 0 Å². The van der Waals surface area contributed by atoms with Crippen LogP contribution in [0.2, 0.25) is 0 Å².